The molecule has 2 rings (SSSR count). The molecule has 0 heterocycles. The molecule has 0 bridgehead atoms. The van der Waals surface area contributed by atoms with Crippen LogP contribution in [0.5, 0.6) is 5.75 Å². The Morgan fingerprint density at radius 3 is 2.61 bits per heavy atom. The number of hydrogen-bond acceptors (Lipinski definition) is 2. The Morgan fingerprint density at radius 2 is 1.96 bits per heavy atom. The van der Waals surface area contributed by atoms with Crippen LogP contribution in [0.2, 0.25) is 0 Å². The molecule has 1 amide bonds. The number of anilines is 1. The summed E-state index contributed by atoms with van der Waals surface area (Å²) in [6, 6.07) is 12.0. The van der Waals surface area contributed by atoms with Gasteiger partial charge < -0.3 is 10.1 Å². The van der Waals surface area contributed by atoms with Gasteiger partial charge in [-0.2, -0.15) is 0 Å². The van der Waals surface area contributed by atoms with Crippen molar-refractivity contribution in [3.05, 3.63) is 57.6 Å². The van der Waals surface area contributed by atoms with Crippen LogP contribution in [0.25, 0.3) is 0 Å². The van der Waals surface area contributed by atoms with Crippen molar-refractivity contribution in [1.82, 2.24) is 0 Å². The van der Waals surface area contributed by atoms with Gasteiger partial charge in [-0.3, -0.25) is 4.79 Å². The van der Waals surface area contributed by atoms with E-state index in [1.807, 2.05) is 43.3 Å². The van der Waals surface area contributed by atoms with E-state index in [-0.39, 0.29) is 12.5 Å². The summed E-state index contributed by atoms with van der Waals surface area (Å²) in [6.07, 6.45) is 1.84. The predicted octanol–water partition coefficient (Wildman–Crippen LogP) is 4.90. The SMILES string of the molecule is CCc1ccc(OCC(=O)Nc2c(C)cccc2CC)c(Br)c1. The zero-order chi connectivity index (χ0) is 16.8. The van der Waals surface area contributed by atoms with Gasteiger partial charge in [0.1, 0.15) is 5.75 Å². The monoisotopic (exact) mass is 375 g/mol. The number of halogens is 1. The fourth-order valence-corrected chi connectivity index (χ4v) is 2.94. The number of aryl methyl sites for hydroxylation is 3. The summed E-state index contributed by atoms with van der Waals surface area (Å²) in [5, 5.41) is 2.96. The molecule has 1 N–H and O–H groups in total. The van der Waals surface area contributed by atoms with Gasteiger partial charge in [0.15, 0.2) is 6.61 Å². The second-order valence-electron chi connectivity index (χ2n) is 5.42. The molecule has 0 fully saturated rings. The first-order chi connectivity index (χ1) is 11.0. The number of rotatable bonds is 6. The van der Waals surface area contributed by atoms with Gasteiger partial charge in [0.2, 0.25) is 0 Å². The predicted molar refractivity (Wildman–Crippen MR) is 98.2 cm³/mol. The van der Waals surface area contributed by atoms with Crippen molar-refractivity contribution in [3.8, 4) is 5.75 Å². The Balaban J connectivity index is 2.01. The molecule has 3 nitrogen and oxygen atoms in total. The van der Waals surface area contributed by atoms with Crippen molar-refractivity contribution in [2.75, 3.05) is 11.9 Å². The van der Waals surface area contributed by atoms with Gasteiger partial charge in [0.25, 0.3) is 5.91 Å². The van der Waals surface area contributed by atoms with E-state index in [1.165, 1.54) is 5.56 Å². The van der Waals surface area contributed by atoms with Crippen LogP contribution in [0, 0.1) is 6.92 Å². The van der Waals surface area contributed by atoms with Crippen LogP contribution in [0.3, 0.4) is 0 Å². The van der Waals surface area contributed by atoms with E-state index in [9.17, 15) is 4.79 Å². The third kappa shape index (κ3) is 4.58. The fraction of sp³-hybridized carbons (Fsp3) is 0.316. The number of carbonyl (C=O) groups excluding carboxylic acids is 1. The maximum Gasteiger partial charge on any atom is 0.262 e. The Morgan fingerprint density at radius 1 is 1.17 bits per heavy atom. The van der Waals surface area contributed by atoms with Gasteiger partial charge >= 0.3 is 0 Å². The average Bonchev–Trinajstić information content (AvgIpc) is 2.55. The summed E-state index contributed by atoms with van der Waals surface area (Å²) in [5.41, 5.74) is 4.31. The quantitative estimate of drug-likeness (QED) is 0.779. The minimum absolute atomic E-state index is 0.0123. The number of carbonyl (C=O) groups is 1. The molecule has 0 unspecified atom stereocenters. The van der Waals surface area contributed by atoms with Gasteiger partial charge in [0.05, 0.1) is 4.47 Å². The molecule has 0 aliphatic carbocycles. The summed E-state index contributed by atoms with van der Waals surface area (Å²) >= 11 is 3.48. The molecule has 0 aliphatic heterocycles. The molecule has 122 valence electrons. The number of amides is 1. The zero-order valence-electron chi connectivity index (χ0n) is 13.8. The van der Waals surface area contributed by atoms with Crippen molar-refractivity contribution >= 4 is 27.5 Å². The van der Waals surface area contributed by atoms with Crippen molar-refractivity contribution in [3.63, 3.8) is 0 Å². The Hall–Kier alpha value is -1.81. The smallest absolute Gasteiger partial charge is 0.262 e. The molecule has 0 aliphatic rings. The second-order valence-corrected chi connectivity index (χ2v) is 6.27. The van der Waals surface area contributed by atoms with Gasteiger partial charge in [-0.05, 0) is 64.5 Å². The van der Waals surface area contributed by atoms with Crippen molar-refractivity contribution in [2.24, 2.45) is 0 Å². The lowest BCUT2D eigenvalue weighted by atomic mass is 10.1. The van der Waals surface area contributed by atoms with Crippen LogP contribution in [0.15, 0.2) is 40.9 Å². The summed E-state index contributed by atoms with van der Waals surface area (Å²) in [5.74, 6) is 0.526. The van der Waals surface area contributed by atoms with Crippen LogP contribution in [0.1, 0.15) is 30.5 Å². The van der Waals surface area contributed by atoms with Gasteiger partial charge in [0, 0.05) is 5.69 Å². The molecule has 0 atom stereocenters. The molecule has 0 radical (unpaired) electrons. The lowest BCUT2D eigenvalue weighted by Crippen LogP contribution is -2.21. The number of nitrogens with one attached hydrogen (secondary N) is 1. The van der Waals surface area contributed by atoms with Crippen LogP contribution in [0.4, 0.5) is 5.69 Å². The van der Waals surface area contributed by atoms with E-state index >= 15 is 0 Å². The van der Waals surface area contributed by atoms with E-state index in [0.29, 0.717) is 5.75 Å². The molecular formula is C19H22BrNO2. The van der Waals surface area contributed by atoms with E-state index in [1.54, 1.807) is 0 Å². The minimum atomic E-state index is -0.152. The maximum absolute atomic E-state index is 12.2. The van der Waals surface area contributed by atoms with Crippen molar-refractivity contribution in [2.45, 2.75) is 33.6 Å². The third-order valence-corrected chi connectivity index (χ3v) is 4.39. The molecule has 0 spiro atoms. The largest absolute Gasteiger partial charge is 0.483 e. The highest BCUT2D eigenvalue weighted by Crippen LogP contribution is 2.26. The van der Waals surface area contributed by atoms with E-state index in [0.717, 1.165) is 34.1 Å². The van der Waals surface area contributed by atoms with Crippen LogP contribution < -0.4 is 10.1 Å². The first-order valence-electron chi connectivity index (χ1n) is 7.84. The zero-order valence-corrected chi connectivity index (χ0v) is 15.4. The maximum atomic E-state index is 12.2. The lowest BCUT2D eigenvalue weighted by Gasteiger charge is -2.14. The highest BCUT2D eigenvalue weighted by molar-refractivity contribution is 9.10. The highest BCUT2D eigenvalue weighted by atomic mass is 79.9. The summed E-state index contributed by atoms with van der Waals surface area (Å²) in [6.45, 7) is 6.16. The van der Waals surface area contributed by atoms with Crippen LogP contribution in [-0.2, 0) is 17.6 Å². The third-order valence-electron chi connectivity index (χ3n) is 3.77. The summed E-state index contributed by atoms with van der Waals surface area (Å²) in [7, 11) is 0. The van der Waals surface area contributed by atoms with Crippen LogP contribution in [-0.4, -0.2) is 12.5 Å². The number of benzene rings is 2. The Bertz CT molecular complexity index is 698. The average molecular weight is 376 g/mol. The van der Waals surface area contributed by atoms with E-state index < -0.39 is 0 Å². The number of hydrogen-bond donors (Lipinski definition) is 1. The van der Waals surface area contributed by atoms with Gasteiger partial charge in [-0.25, -0.2) is 0 Å². The molecular weight excluding hydrogens is 354 g/mol. The van der Waals surface area contributed by atoms with Crippen molar-refractivity contribution in [1.29, 1.82) is 0 Å². The summed E-state index contributed by atoms with van der Waals surface area (Å²) < 4.78 is 6.49. The lowest BCUT2D eigenvalue weighted by molar-refractivity contribution is -0.118. The first kappa shape index (κ1) is 17.5. The normalized spacial score (nSPS) is 10.4. The fourth-order valence-electron chi connectivity index (χ4n) is 2.40. The Kier molecular flexibility index (Phi) is 6.22. The first-order valence-corrected chi connectivity index (χ1v) is 8.64. The topological polar surface area (TPSA) is 38.3 Å². The second kappa shape index (κ2) is 8.16. The van der Waals surface area contributed by atoms with Crippen LogP contribution >= 0.6 is 15.9 Å². The molecule has 0 saturated heterocycles. The highest BCUT2D eigenvalue weighted by Gasteiger charge is 2.10. The van der Waals surface area contributed by atoms with Crippen molar-refractivity contribution < 1.29 is 9.53 Å². The van der Waals surface area contributed by atoms with E-state index in [4.69, 9.17) is 4.74 Å². The summed E-state index contributed by atoms with van der Waals surface area (Å²) in [4.78, 5) is 12.2. The number of para-hydroxylation sites is 1. The Labute approximate surface area is 146 Å². The molecule has 0 aromatic heterocycles. The number of ether oxygens (including phenoxy) is 1. The molecule has 0 saturated carbocycles. The molecule has 2 aromatic rings. The molecule has 2 aromatic carbocycles. The molecule has 23 heavy (non-hydrogen) atoms. The standard InChI is InChI=1S/C19H22BrNO2/c1-4-14-9-10-17(16(20)11-14)23-12-18(22)21-19-13(3)7-6-8-15(19)5-2/h6-11H,4-5,12H2,1-3H3,(H,21,22). The van der Waals surface area contributed by atoms with Gasteiger partial charge in [-0.15, -0.1) is 0 Å². The molecule has 4 heteroatoms. The minimum Gasteiger partial charge on any atom is -0.483 e. The van der Waals surface area contributed by atoms with Gasteiger partial charge in [-0.1, -0.05) is 38.1 Å². The van der Waals surface area contributed by atoms with E-state index in [2.05, 4.69) is 35.1 Å².